The number of carboxylic acids is 1. The molecule has 6 nitrogen and oxygen atoms in total. The largest absolute Gasteiger partial charge is 0.480 e. The number of nitrogens with zero attached hydrogens (tertiary/aromatic N) is 2. The van der Waals surface area contributed by atoms with Crippen molar-refractivity contribution in [2.45, 2.75) is 11.4 Å². The minimum absolute atomic E-state index is 0.0113. The Balaban J connectivity index is 2.08. The van der Waals surface area contributed by atoms with Crippen LogP contribution in [-0.4, -0.2) is 26.8 Å². The van der Waals surface area contributed by atoms with Crippen molar-refractivity contribution < 1.29 is 14.8 Å². The molecule has 0 saturated heterocycles. The summed E-state index contributed by atoms with van der Waals surface area (Å²) in [6, 6.07) is 15.6. The fraction of sp³-hybridized carbons (Fsp3) is 0.133. The Kier molecular flexibility index (Phi) is 5.51. The Morgan fingerprint density at radius 1 is 1.14 bits per heavy atom. The molecular formula is C15H14N2O4S. The second-order valence-corrected chi connectivity index (χ2v) is 5.69. The van der Waals surface area contributed by atoms with Crippen LogP contribution in [0.15, 0.2) is 59.5 Å². The Morgan fingerprint density at radius 3 is 2.32 bits per heavy atom. The van der Waals surface area contributed by atoms with Crippen LogP contribution in [0.5, 0.6) is 0 Å². The molecule has 0 spiro atoms. The number of benzene rings is 2. The van der Waals surface area contributed by atoms with Gasteiger partial charge in [0, 0.05) is 23.6 Å². The first kappa shape index (κ1) is 16.0. The maximum atomic E-state index is 11.0. The van der Waals surface area contributed by atoms with Crippen molar-refractivity contribution in [2.75, 3.05) is 6.54 Å². The summed E-state index contributed by atoms with van der Waals surface area (Å²) in [5.41, 5.74) is 1.01. The minimum atomic E-state index is -0.926. The molecule has 7 heteroatoms. The van der Waals surface area contributed by atoms with Gasteiger partial charge < -0.3 is 5.11 Å². The zero-order chi connectivity index (χ0) is 15.9. The van der Waals surface area contributed by atoms with Gasteiger partial charge >= 0.3 is 5.97 Å². The quantitative estimate of drug-likeness (QED) is 0.479. The van der Waals surface area contributed by atoms with Crippen LogP contribution in [-0.2, 0) is 11.3 Å². The number of hydrogen-bond donors (Lipinski definition) is 1. The van der Waals surface area contributed by atoms with E-state index in [0.29, 0.717) is 6.54 Å². The van der Waals surface area contributed by atoms with Crippen LogP contribution in [0.4, 0.5) is 5.69 Å². The number of nitro groups is 1. The molecule has 0 aliphatic heterocycles. The summed E-state index contributed by atoms with van der Waals surface area (Å²) >= 11 is 1.26. The van der Waals surface area contributed by atoms with Crippen LogP contribution >= 0.6 is 11.9 Å². The van der Waals surface area contributed by atoms with Crippen LogP contribution in [0.1, 0.15) is 5.56 Å². The van der Waals surface area contributed by atoms with Gasteiger partial charge in [0.25, 0.3) is 5.69 Å². The molecule has 0 amide bonds. The number of hydrogen-bond acceptors (Lipinski definition) is 5. The van der Waals surface area contributed by atoms with Gasteiger partial charge in [0.1, 0.15) is 6.54 Å². The van der Waals surface area contributed by atoms with E-state index in [-0.39, 0.29) is 12.2 Å². The fourth-order valence-corrected chi connectivity index (χ4v) is 2.78. The molecule has 0 unspecified atom stereocenters. The zero-order valence-electron chi connectivity index (χ0n) is 11.6. The molecule has 2 aromatic rings. The van der Waals surface area contributed by atoms with Crippen molar-refractivity contribution in [3.63, 3.8) is 0 Å². The molecule has 114 valence electrons. The van der Waals surface area contributed by atoms with Crippen molar-refractivity contribution in [3.05, 3.63) is 70.3 Å². The molecule has 0 saturated carbocycles. The molecule has 22 heavy (non-hydrogen) atoms. The van der Waals surface area contributed by atoms with Gasteiger partial charge in [-0.15, -0.1) is 0 Å². The van der Waals surface area contributed by atoms with Crippen LogP contribution in [0.25, 0.3) is 0 Å². The van der Waals surface area contributed by atoms with E-state index in [1.54, 1.807) is 16.4 Å². The summed E-state index contributed by atoms with van der Waals surface area (Å²) in [4.78, 5) is 21.9. The van der Waals surface area contributed by atoms with Gasteiger partial charge in [-0.2, -0.15) is 0 Å². The van der Waals surface area contributed by atoms with Crippen LogP contribution < -0.4 is 0 Å². The lowest BCUT2D eigenvalue weighted by atomic mass is 10.2. The topological polar surface area (TPSA) is 83.7 Å². The van der Waals surface area contributed by atoms with Gasteiger partial charge in [0.05, 0.1) is 4.92 Å². The SMILES string of the molecule is O=C(O)CN(Cc1ccccc1)Sc1ccc([N+](=O)[O-])cc1. The normalized spacial score (nSPS) is 10.6. The monoisotopic (exact) mass is 318 g/mol. The second kappa shape index (κ2) is 7.58. The molecule has 0 fully saturated rings. The minimum Gasteiger partial charge on any atom is -0.480 e. The highest BCUT2D eigenvalue weighted by molar-refractivity contribution is 7.97. The summed E-state index contributed by atoms with van der Waals surface area (Å²) in [6.07, 6.45) is 0. The van der Waals surface area contributed by atoms with Gasteiger partial charge in [-0.3, -0.25) is 14.9 Å². The predicted molar refractivity (Wildman–Crippen MR) is 83.4 cm³/mol. The molecule has 2 rings (SSSR count). The van der Waals surface area contributed by atoms with Crippen molar-refractivity contribution in [1.82, 2.24) is 4.31 Å². The summed E-state index contributed by atoms with van der Waals surface area (Å²) in [5, 5.41) is 19.6. The number of non-ortho nitro benzene ring substituents is 1. The third-order valence-corrected chi connectivity index (χ3v) is 3.79. The first-order chi connectivity index (χ1) is 10.5. The molecule has 0 atom stereocenters. The van der Waals surface area contributed by atoms with Crippen molar-refractivity contribution in [1.29, 1.82) is 0 Å². The van der Waals surface area contributed by atoms with E-state index in [4.69, 9.17) is 5.11 Å². The molecule has 0 aliphatic carbocycles. The highest BCUT2D eigenvalue weighted by atomic mass is 32.2. The van der Waals surface area contributed by atoms with Gasteiger partial charge in [-0.25, -0.2) is 4.31 Å². The second-order valence-electron chi connectivity index (χ2n) is 4.52. The Labute approximate surface area is 131 Å². The average molecular weight is 318 g/mol. The maximum Gasteiger partial charge on any atom is 0.318 e. The van der Waals surface area contributed by atoms with Crippen molar-refractivity contribution in [3.8, 4) is 0 Å². The predicted octanol–water partition coefficient (Wildman–Crippen LogP) is 3.19. The zero-order valence-corrected chi connectivity index (χ0v) is 12.4. The third-order valence-electron chi connectivity index (χ3n) is 2.80. The van der Waals surface area contributed by atoms with E-state index in [1.807, 2.05) is 30.3 Å². The fourth-order valence-electron chi connectivity index (χ4n) is 1.84. The lowest BCUT2D eigenvalue weighted by Crippen LogP contribution is -2.23. The molecule has 0 radical (unpaired) electrons. The summed E-state index contributed by atoms with van der Waals surface area (Å²) in [5.74, 6) is -0.926. The number of aliphatic carboxylic acids is 1. The van der Waals surface area contributed by atoms with Crippen LogP contribution in [0.2, 0.25) is 0 Å². The third kappa shape index (κ3) is 4.87. The van der Waals surface area contributed by atoms with Crippen LogP contribution in [0, 0.1) is 10.1 Å². The van der Waals surface area contributed by atoms with Crippen molar-refractivity contribution >= 4 is 23.6 Å². The Hall–Kier alpha value is -2.38. The summed E-state index contributed by atoms with van der Waals surface area (Å²) in [6.45, 7) is 0.339. The molecule has 0 bridgehead atoms. The molecular weight excluding hydrogens is 304 g/mol. The van der Waals surface area contributed by atoms with Crippen LogP contribution in [0.3, 0.4) is 0 Å². The maximum absolute atomic E-state index is 11.0. The van der Waals surface area contributed by atoms with E-state index in [9.17, 15) is 14.9 Å². The Morgan fingerprint density at radius 2 is 1.77 bits per heavy atom. The first-order valence-corrected chi connectivity index (χ1v) is 7.25. The van der Waals surface area contributed by atoms with E-state index in [0.717, 1.165) is 10.5 Å². The lowest BCUT2D eigenvalue weighted by molar-refractivity contribution is -0.384. The lowest BCUT2D eigenvalue weighted by Gasteiger charge is -2.19. The number of carboxylic acid groups (broad SMARTS) is 1. The highest BCUT2D eigenvalue weighted by Gasteiger charge is 2.13. The van der Waals surface area contributed by atoms with E-state index < -0.39 is 10.9 Å². The van der Waals surface area contributed by atoms with E-state index in [1.165, 1.54) is 24.1 Å². The average Bonchev–Trinajstić information content (AvgIpc) is 2.48. The smallest absolute Gasteiger partial charge is 0.318 e. The Bertz CT molecular complexity index is 646. The van der Waals surface area contributed by atoms with Gasteiger partial charge in [-0.05, 0) is 29.6 Å². The molecule has 0 aliphatic rings. The number of carbonyl (C=O) groups is 1. The first-order valence-electron chi connectivity index (χ1n) is 6.47. The number of nitro benzene ring substituents is 1. The number of rotatable bonds is 7. The van der Waals surface area contributed by atoms with Crippen molar-refractivity contribution in [2.24, 2.45) is 0 Å². The van der Waals surface area contributed by atoms with Gasteiger partial charge in [0.2, 0.25) is 0 Å². The highest BCUT2D eigenvalue weighted by Crippen LogP contribution is 2.26. The molecule has 0 heterocycles. The van der Waals surface area contributed by atoms with E-state index in [2.05, 4.69) is 0 Å². The van der Waals surface area contributed by atoms with E-state index >= 15 is 0 Å². The van der Waals surface area contributed by atoms with Gasteiger partial charge in [0.15, 0.2) is 0 Å². The summed E-state index contributed by atoms with van der Waals surface area (Å²) in [7, 11) is 0. The summed E-state index contributed by atoms with van der Waals surface area (Å²) < 4.78 is 1.69. The molecule has 1 N–H and O–H groups in total. The molecule has 0 aromatic heterocycles. The molecule has 2 aromatic carbocycles. The standard InChI is InChI=1S/C15H14N2O4S/c18-15(19)11-16(10-12-4-2-1-3-5-12)22-14-8-6-13(7-9-14)17(20)21/h1-9H,10-11H2,(H,18,19). The van der Waals surface area contributed by atoms with Gasteiger partial charge in [-0.1, -0.05) is 30.3 Å².